The molecule has 0 bridgehead atoms. The summed E-state index contributed by atoms with van der Waals surface area (Å²) in [5.41, 5.74) is 0.859. The van der Waals surface area contributed by atoms with E-state index in [1.165, 1.54) is 19.4 Å². The molecule has 1 saturated heterocycles. The van der Waals surface area contributed by atoms with Gasteiger partial charge in [0, 0.05) is 6.54 Å². The molecule has 1 heterocycles. The Hall–Kier alpha value is -0.830. The van der Waals surface area contributed by atoms with Crippen molar-refractivity contribution in [3.8, 4) is 0 Å². The maximum Gasteiger partial charge on any atom is 0.307 e. The van der Waals surface area contributed by atoms with E-state index in [1.807, 2.05) is 0 Å². The maximum atomic E-state index is 10.4. The van der Waals surface area contributed by atoms with E-state index in [9.17, 15) is 4.79 Å². The molecule has 0 aromatic carbocycles. The standard InChI is InChI=1S/C11H19NO2/c1-9(7-11(13)14)6-10-4-3-5-12(2)8-10/h10H,1,3-8H2,2H3,(H,13,14). The summed E-state index contributed by atoms with van der Waals surface area (Å²) in [5.74, 6) is -0.153. The molecular formula is C11H19NO2. The zero-order valence-corrected chi connectivity index (χ0v) is 8.83. The number of hydrogen-bond acceptors (Lipinski definition) is 2. The van der Waals surface area contributed by atoms with Crippen molar-refractivity contribution in [2.75, 3.05) is 20.1 Å². The van der Waals surface area contributed by atoms with Crippen molar-refractivity contribution in [2.45, 2.75) is 25.7 Å². The van der Waals surface area contributed by atoms with Gasteiger partial charge in [-0.25, -0.2) is 0 Å². The van der Waals surface area contributed by atoms with Gasteiger partial charge in [-0.1, -0.05) is 12.2 Å². The second kappa shape index (κ2) is 5.15. The van der Waals surface area contributed by atoms with E-state index >= 15 is 0 Å². The highest BCUT2D eigenvalue weighted by molar-refractivity contribution is 5.69. The average molecular weight is 197 g/mol. The summed E-state index contributed by atoms with van der Waals surface area (Å²) < 4.78 is 0. The van der Waals surface area contributed by atoms with Gasteiger partial charge in [0.2, 0.25) is 0 Å². The Labute approximate surface area is 85.4 Å². The molecule has 1 N–H and O–H groups in total. The Morgan fingerprint density at radius 3 is 2.93 bits per heavy atom. The molecule has 0 aromatic rings. The number of nitrogens with zero attached hydrogens (tertiary/aromatic N) is 1. The zero-order valence-electron chi connectivity index (χ0n) is 8.83. The summed E-state index contributed by atoms with van der Waals surface area (Å²) in [4.78, 5) is 12.8. The van der Waals surface area contributed by atoms with Crippen molar-refractivity contribution >= 4 is 5.97 Å². The van der Waals surface area contributed by atoms with Gasteiger partial charge in [-0.3, -0.25) is 4.79 Å². The number of carbonyl (C=O) groups is 1. The van der Waals surface area contributed by atoms with Crippen molar-refractivity contribution in [2.24, 2.45) is 5.92 Å². The molecule has 3 nitrogen and oxygen atoms in total. The Kier molecular flexibility index (Phi) is 4.14. The van der Waals surface area contributed by atoms with Gasteiger partial charge in [-0.2, -0.15) is 0 Å². The second-order valence-electron chi connectivity index (χ2n) is 4.30. The van der Waals surface area contributed by atoms with E-state index < -0.39 is 5.97 Å². The molecule has 1 unspecified atom stereocenters. The Bertz CT molecular complexity index is 225. The van der Waals surface area contributed by atoms with E-state index in [4.69, 9.17) is 5.11 Å². The summed E-state index contributed by atoms with van der Waals surface area (Å²) in [6, 6.07) is 0. The number of carboxylic acid groups (broad SMARTS) is 1. The molecule has 1 aliphatic heterocycles. The molecule has 0 aromatic heterocycles. The molecule has 0 aliphatic carbocycles. The SMILES string of the molecule is C=C(CC(=O)O)CC1CCCN(C)C1. The van der Waals surface area contributed by atoms with Crippen molar-refractivity contribution < 1.29 is 9.90 Å². The minimum Gasteiger partial charge on any atom is -0.481 e. The fourth-order valence-electron chi connectivity index (χ4n) is 2.13. The number of rotatable bonds is 4. The van der Waals surface area contributed by atoms with Crippen LogP contribution in [0.1, 0.15) is 25.7 Å². The number of aliphatic carboxylic acids is 1. The fraction of sp³-hybridized carbons (Fsp3) is 0.727. The van der Waals surface area contributed by atoms with Crippen LogP contribution in [0, 0.1) is 5.92 Å². The molecule has 1 fully saturated rings. The number of hydrogen-bond donors (Lipinski definition) is 1. The summed E-state index contributed by atoms with van der Waals surface area (Å²) in [7, 11) is 2.12. The molecule has 0 spiro atoms. The number of likely N-dealkylation sites (tertiary alicyclic amines) is 1. The van der Waals surface area contributed by atoms with Crippen LogP contribution in [0.4, 0.5) is 0 Å². The highest BCUT2D eigenvalue weighted by Crippen LogP contribution is 2.22. The predicted molar refractivity (Wildman–Crippen MR) is 56.2 cm³/mol. The van der Waals surface area contributed by atoms with Crippen molar-refractivity contribution in [3.63, 3.8) is 0 Å². The third-order valence-electron chi connectivity index (χ3n) is 2.70. The van der Waals surface area contributed by atoms with Crippen molar-refractivity contribution in [1.82, 2.24) is 4.90 Å². The molecule has 0 amide bonds. The normalized spacial score (nSPS) is 23.4. The molecule has 1 rings (SSSR count). The van der Waals surface area contributed by atoms with Crippen LogP contribution in [0.5, 0.6) is 0 Å². The van der Waals surface area contributed by atoms with Crippen LogP contribution in [-0.2, 0) is 4.79 Å². The van der Waals surface area contributed by atoms with Gasteiger partial charge < -0.3 is 10.0 Å². The minimum atomic E-state index is -0.765. The summed E-state index contributed by atoms with van der Waals surface area (Å²) in [5, 5.41) is 8.59. The molecule has 3 heteroatoms. The van der Waals surface area contributed by atoms with E-state index in [0.717, 1.165) is 18.5 Å². The highest BCUT2D eigenvalue weighted by atomic mass is 16.4. The lowest BCUT2D eigenvalue weighted by atomic mass is 9.91. The zero-order chi connectivity index (χ0) is 10.6. The lowest BCUT2D eigenvalue weighted by molar-refractivity contribution is -0.136. The Morgan fingerprint density at radius 1 is 1.64 bits per heavy atom. The topological polar surface area (TPSA) is 40.5 Å². The average Bonchev–Trinajstić information content (AvgIpc) is 2.01. The molecule has 1 atom stereocenters. The first-order valence-electron chi connectivity index (χ1n) is 5.15. The van der Waals surface area contributed by atoms with E-state index in [0.29, 0.717) is 5.92 Å². The Morgan fingerprint density at radius 2 is 2.36 bits per heavy atom. The van der Waals surface area contributed by atoms with E-state index in [-0.39, 0.29) is 6.42 Å². The largest absolute Gasteiger partial charge is 0.481 e. The van der Waals surface area contributed by atoms with Crippen LogP contribution in [0.15, 0.2) is 12.2 Å². The molecule has 14 heavy (non-hydrogen) atoms. The van der Waals surface area contributed by atoms with Crippen LogP contribution in [0.2, 0.25) is 0 Å². The number of piperidine rings is 1. The van der Waals surface area contributed by atoms with Gasteiger partial charge in [0.25, 0.3) is 0 Å². The lowest BCUT2D eigenvalue weighted by Gasteiger charge is -2.29. The third kappa shape index (κ3) is 3.92. The first-order valence-corrected chi connectivity index (χ1v) is 5.15. The van der Waals surface area contributed by atoms with E-state index in [2.05, 4.69) is 18.5 Å². The maximum absolute atomic E-state index is 10.4. The van der Waals surface area contributed by atoms with Crippen LogP contribution in [-0.4, -0.2) is 36.1 Å². The Balaban J connectivity index is 2.28. The van der Waals surface area contributed by atoms with Gasteiger partial charge >= 0.3 is 5.97 Å². The monoisotopic (exact) mass is 197 g/mol. The van der Waals surface area contributed by atoms with Crippen LogP contribution >= 0.6 is 0 Å². The molecule has 80 valence electrons. The minimum absolute atomic E-state index is 0.125. The van der Waals surface area contributed by atoms with Gasteiger partial charge in [-0.05, 0) is 38.8 Å². The molecule has 1 aliphatic rings. The summed E-state index contributed by atoms with van der Waals surface area (Å²) in [6.45, 7) is 6.07. The van der Waals surface area contributed by atoms with Gasteiger partial charge in [0.05, 0.1) is 6.42 Å². The highest BCUT2D eigenvalue weighted by Gasteiger charge is 2.18. The number of carboxylic acids is 1. The van der Waals surface area contributed by atoms with Crippen LogP contribution in [0.25, 0.3) is 0 Å². The smallest absolute Gasteiger partial charge is 0.307 e. The van der Waals surface area contributed by atoms with Gasteiger partial charge in [0.15, 0.2) is 0 Å². The first-order chi connectivity index (χ1) is 6.58. The summed E-state index contributed by atoms with van der Waals surface area (Å²) >= 11 is 0. The molecule has 0 saturated carbocycles. The van der Waals surface area contributed by atoms with Gasteiger partial charge in [0.1, 0.15) is 0 Å². The quantitative estimate of drug-likeness (QED) is 0.698. The second-order valence-corrected chi connectivity index (χ2v) is 4.30. The van der Waals surface area contributed by atoms with Gasteiger partial charge in [-0.15, -0.1) is 0 Å². The van der Waals surface area contributed by atoms with Crippen molar-refractivity contribution in [3.05, 3.63) is 12.2 Å². The lowest BCUT2D eigenvalue weighted by Crippen LogP contribution is -2.32. The summed E-state index contributed by atoms with van der Waals surface area (Å²) in [6.07, 6.45) is 3.43. The van der Waals surface area contributed by atoms with Crippen LogP contribution in [0.3, 0.4) is 0 Å². The molecule has 0 radical (unpaired) electrons. The molecular weight excluding hydrogens is 178 g/mol. The predicted octanol–water partition coefficient (Wildman–Crippen LogP) is 1.75. The fourth-order valence-corrected chi connectivity index (χ4v) is 2.13. The first kappa shape index (κ1) is 11.2. The van der Waals surface area contributed by atoms with Crippen LogP contribution < -0.4 is 0 Å². The van der Waals surface area contributed by atoms with Crippen molar-refractivity contribution in [1.29, 1.82) is 0 Å². The van der Waals surface area contributed by atoms with E-state index in [1.54, 1.807) is 0 Å². The third-order valence-corrected chi connectivity index (χ3v) is 2.70.